The van der Waals surface area contributed by atoms with Crippen LogP contribution >= 0.6 is 0 Å². The van der Waals surface area contributed by atoms with Crippen LogP contribution in [-0.4, -0.2) is 49.2 Å². The largest absolute Gasteiger partial charge is 0.367 e. The molecule has 0 radical (unpaired) electrons. The van der Waals surface area contributed by atoms with Gasteiger partial charge in [-0.05, 0) is 47.0 Å². The molecule has 1 aliphatic rings. The molecule has 2 heterocycles. The number of nitrogens with one attached hydrogen (secondary N) is 1. The zero-order chi connectivity index (χ0) is 14.0. The van der Waals surface area contributed by atoms with Crippen LogP contribution in [0.3, 0.4) is 0 Å². The fourth-order valence-electron chi connectivity index (χ4n) is 2.45. The van der Waals surface area contributed by atoms with E-state index in [9.17, 15) is 0 Å². The van der Waals surface area contributed by atoms with E-state index in [1.807, 2.05) is 13.2 Å². The number of piperazine rings is 1. The average molecular weight is 262 g/mol. The Hall–Kier alpha value is -1.13. The predicted octanol–water partition coefficient (Wildman–Crippen LogP) is 1.89. The van der Waals surface area contributed by atoms with Crippen molar-refractivity contribution in [2.45, 2.75) is 32.4 Å². The van der Waals surface area contributed by atoms with E-state index in [1.165, 1.54) is 5.69 Å². The van der Waals surface area contributed by atoms with Gasteiger partial charge in [0, 0.05) is 31.2 Å². The van der Waals surface area contributed by atoms with E-state index in [1.54, 1.807) is 0 Å². The second-order valence-corrected chi connectivity index (χ2v) is 6.11. The van der Waals surface area contributed by atoms with Crippen molar-refractivity contribution in [3.63, 3.8) is 0 Å². The maximum absolute atomic E-state index is 4.57. The number of aromatic nitrogens is 1. The molecule has 1 N–H and O–H groups in total. The summed E-state index contributed by atoms with van der Waals surface area (Å²) in [4.78, 5) is 9.43. The summed E-state index contributed by atoms with van der Waals surface area (Å²) in [5.74, 6) is 0. The third kappa shape index (κ3) is 3.07. The quantitative estimate of drug-likeness (QED) is 0.901. The van der Waals surface area contributed by atoms with Gasteiger partial charge in [-0.1, -0.05) is 0 Å². The van der Waals surface area contributed by atoms with Crippen LogP contribution in [0.15, 0.2) is 18.3 Å². The SMILES string of the molecule is CNC(C)c1ccc(N2CCN(C)C(C)(C)C2)cn1. The number of nitrogens with zero attached hydrogens (tertiary/aromatic N) is 3. The predicted molar refractivity (Wildman–Crippen MR) is 80.6 cm³/mol. The molecule has 1 fully saturated rings. The number of hydrogen-bond acceptors (Lipinski definition) is 4. The van der Waals surface area contributed by atoms with Crippen molar-refractivity contribution in [1.29, 1.82) is 0 Å². The standard InChI is InChI=1S/C15H26N4/c1-12(16-4)14-7-6-13(10-17-14)19-9-8-18(5)15(2,3)11-19/h6-7,10,12,16H,8-9,11H2,1-5H3. The van der Waals surface area contributed by atoms with Crippen molar-refractivity contribution in [1.82, 2.24) is 15.2 Å². The third-order valence-electron chi connectivity index (χ3n) is 4.33. The van der Waals surface area contributed by atoms with Gasteiger partial charge in [0.15, 0.2) is 0 Å². The Bertz CT molecular complexity index is 413. The lowest BCUT2D eigenvalue weighted by Crippen LogP contribution is -2.57. The van der Waals surface area contributed by atoms with E-state index in [0.29, 0.717) is 6.04 Å². The van der Waals surface area contributed by atoms with Gasteiger partial charge < -0.3 is 10.2 Å². The van der Waals surface area contributed by atoms with E-state index in [0.717, 1.165) is 25.3 Å². The summed E-state index contributed by atoms with van der Waals surface area (Å²) >= 11 is 0. The van der Waals surface area contributed by atoms with Crippen LogP contribution in [0.5, 0.6) is 0 Å². The van der Waals surface area contributed by atoms with Crippen LogP contribution in [-0.2, 0) is 0 Å². The molecule has 1 aromatic rings. The molecule has 4 heteroatoms. The lowest BCUT2D eigenvalue weighted by Gasteiger charge is -2.46. The summed E-state index contributed by atoms with van der Waals surface area (Å²) in [7, 11) is 4.16. The van der Waals surface area contributed by atoms with Crippen LogP contribution in [0.4, 0.5) is 5.69 Å². The Morgan fingerprint density at radius 2 is 2.05 bits per heavy atom. The van der Waals surface area contributed by atoms with Crippen molar-refractivity contribution >= 4 is 5.69 Å². The van der Waals surface area contributed by atoms with E-state index in [2.05, 4.69) is 60.1 Å². The van der Waals surface area contributed by atoms with Crippen LogP contribution in [0, 0.1) is 0 Å². The Balaban J connectivity index is 2.10. The Morgan fingerprint density at radius 1 is 1.32 bits per heavy atom. The molecule has 1 aromatic heterocycles. The molecule has 1 atom stereocenters. The highest BCUT2D eigenvalue weighted by atomic mass is 15.3. The Morgan fingerprint density at radius 3 is 2.58 bits per heavy atom. The molecule has 0 bridgehead atoms. The van der Waals surface area contributed by atoms with Gasteiger partial charge in [0.25, 0.3) is 0 Å². The van der Waals surface area contributed by atoms with E-state index in [4.69, 9.17) is 0 Å². The highest BCUT2D eigenvalue weighted by Gasteiger charge is 2.31. The molecule has 2 rings (SSSR count). The second kappa shape index (κ2) is 5.47. The first kappa shape index (κ1) is 14.3. The minimum absolute atomic E-state index is 0.217. The van der Waals surface area contributed by atoms with Gasteiger partial charge in [-0.25, -0.2) is 0 Å². The van der Waals surface area contributed by atoms with E-state index < -0.39 is 0 Å². The lowest BCUT2D eigenvalue weighted by atomic mass is 9.99. The molecule has 0 aromatic carbocycles. The molecular formula is C15H26N4. The smallest absolute Gasteiger partial charge is 0.0571 e. The van der Waals surface area contributed by atoms with Gasteiger partial charge in [0.2, 0.25) is 0 Å². The van der Waals surface area contributed by atoms with Gasteiger partial charge >= 0.3 is 0 Å². The third-order valence-corrected chi connectivity index (χ3v) is 4.33. The van der Waals surface area contributed by atoms with Gasteiger partial charge in [-0.2, -0.15) is 0 Å². The number of pyridine rings is 1. The maximum atomic E-state index is 4.57. The molecule has 0 saturated carbocycles. The van der Waals surface area contributed by atoms with Crippen molar-refractivity contribution in [2.24, 2.45) is 0 Å². The van der Waals surface area contributed by atoms with Gasteiger partial charge in [-0.15, -0.1) is 0 Å². The van der Waals surface area contributed by atoms with Crippen molar-refractivity contribution in [3.8, 4) is 0 Å². The minimum Gasteiger partial charge on any atom is -0.367 e. The van der Waals surface area contributed by atoms with Gasteiger partial charge in [-0.3, -0.25) is 9.88 Å². The molecule has 0 aliphatic carbocycles. The number of likely N-dealkylation sites (N-methyl/N-ethyl adjacent to an activating group) is 1. The Kier molecular flexibility index (Phi) is 4.11. The summed E-state index contributed by atoms with van der Waals surface area (Å²) in [6, 6.07) is 4.62. The van der Waals surface area contributed by atoms with Gasteiger partial charge in [0.05, 0.1) is 17.6 Å². The zero-order valence-corrected chi connectivity index (χ0v) is 12.8. The van der Waals surface area contributed by atoms with Crippen molar-refractivity contribution in [2.75, 3.05) is 38.6 Å². The van der Waals surface area contributed by atoms with Crippen molar-refractivity contribution < 1.29 is 0 Å². The van der Waals surface area contributed by atoms with Crippen LogP contribution in [0.25, 0.3) is 0 Å². The molecule has 0 amide bonds. The first-order valence-corrected chi connectivity index (χ1v) is 7.03. The second-order valence-electron chi connectivity index (χ2n) is 6.11. The summed E-state index contributed by atoms with van der Waals surface area (Å²) < 4.78 is 0. The highest BCUT2D eigenvalue weighted by molar-refractivity contribution is 5.46. The summed E-state index contributed by atoms with van der Waals surface area (Å²) in [5.41, 5.74) is 2.54. The van der Waals surface area contributed by atoms with Crippen LogP contribution in [0.2, 0.25) is 0 Å². The zero-order valence-electron chi connectivity index (χ0n) is 12.8. The first-order chi connectivity index (χ1) is 8.94. The Labute approximate surface area is 116 Å². The molecule has 4 nitrogen and oxygen atoms in total. The number of rotatable bonds is 3. The summed E-state index contributed by atoms with van der Waals surface area (Å²) in [5, 5.41) is 3.22. The topological polar surface area (TPSA) is 31.4 Å². The molecular weight excluding hydrogens is 236 g/mol. The monoisotopic (exact) mass is 262 g/mol. The molecule has 19 heavy (non-hydrogen) atoms. The van der Waals surface area contributed by atoms with Gasteiger partial charge in [0.1, 0.15) is 0 Å². The van der Waals surface area contributed by atoms with Crippen LogP contribution in [0.1, 0.15) is 32.5 Å². The molecule has 1 aliphatic heterocycles. The minimum atomic E-state index is 0.217. The maximum Gasteiger partial charge on any atom is 0.0571 e. The van der Waals surface area contributed by atoms with Crippen LogP contribution < -0.4 is 10.2 Å². The number of hydrogen-bond donors (Lipinski definition) is 1. The summed E-state index contributed by atoms with van der Waals surface area (Å²) in [6.07, 6.45) is 2.00. The number of anilines is 1. The van der Waals surface area contributed by atoms with E-state index in [-0.39, 0.29) is 5.54 Å². The normalized spacial score (nSPS) is 21.4. The van der Waals surface area contributed by atoms with E-state index >= 15 is 0 Å². The first-order valence-electron chi connectivity index (χ1n) is 7.03. The lowest BCUT2D eigenvalue weighted by molar-refractivity contribution is 0.139. The average Bonchev–Trinajstić information content (AvgIpc) is 2.41. The molecule has 1 unspecified atom stereocenters. The molecule has 1 saturated heterocycles. The molecule has 106 valence electrons. The fraction of sp³-hybridized carbons (Fsp3) is 0.667. The van der Waals surface area contributed by atoms with Crippen molar-refractivity contribution in [3.05, 3.63) is 24.0 Å². The highest BCUT2D eigenvalue weighted by Crippen LogP contribution is 2.24. The fourth-order valence-corrected chi connectivity index (χ4v) is 2.45. The molecule has 0 spiro atoms. The summed E-state index contributed by atoms with van der Waals surface area (Å²) in [6.45, 7) is 9.94.